The molecule has 1 saturated carbocycles. The molecule has 0 radical (unpaired) electrons. The quantitative estimate of drug-likeness (QED) is 0.843. The lowest BCUT2D eigenvalue weighted by molar-refractivity contribution is 0.0117. The Labute approximate surface area is 142 Å². The van der Waals surface area contributed by atoms with E-state index in [4.69, 9.17) is 4.74 Å². The molecular formula is C19H36N2O2. The molecule has 0 spiro atoms. The highest BCUT2D eigenvalue weighted by atomic mass is 16.6. The zero-order chi connectivity index (χ0) is 17.1. The SMILES string of the molecule is CCC1CCC(NCC2(C)CCN(C(=O)OC(C)(C)C)CC2)C1. The van der Waals surface area contributed by atoms with Crippen molar-refractivity contribution in [2.45, 2.75) is 84.8 Å². The van der Waals surface area contributed by atoms with Gasteiger partial charge in [0.2, 0.25) is 0 Å². The van der Waals surface area contributed by atoms with Gasteiger partial charge in [-0.3, -0.25) is 0 Å². The molecule has 1 heterocycles. The van der Waals surface area contributed by atoms with Gasteiger partial charge in [-0.25, -0.2) is 4.79 Å². The fourth-order valence-electron chi connectivity index (χ4n) is 3.75. The number of hydrogen-bond acceptors (Lipinski definition) is 3. The van der Waals surface area contributed by atoms with E-state index in [2.05, 4.69) is 19.2 Å². The summed E-state index contributed by atoms with van der Waals surface area (Å²) in [5.41, 5.74) is -0.0967. The molecule has 4 nitrogen and oxygen atoms in total. The molecule has 2 rings (SSSR count). The van der Waals surface area contributed by atoms with Crippen molar-refractivity contribution >= 4 is 6.09 Å². The van der Waals surface area contributed by atoms with E-state index in [1.165, 1.54) is 25.7 Å². The third-order valence-corrected chi connectivity index (χ3v) is 5.56. The van der Waals surface area contributed by atoms with Gasteiger partial charge in [0.1, 0.15) is 5.60 Å². The van der Waals surface area contributed by atoms with Crippen LogP contribution in [0.1, 0.15) is 73.1 Å². The molecule has 23 heavy (non-hydrogen) atoms. The van der Waals surface area contributed by atoms with Gasteiger partial charge in [-0.05, 0) is 64.2 Å². The molecule has 2 aliphatic rings. The normalized spacial score (nSPS) is 28.0. The monoisotopic (exact) mass is 324 g/mol. The van der Waals surface area contributed by atoms with E-state index >= 15 is 0 Å². The number of likely N-dealkylation sites (tertiary alicyclic amines) is 1. The van der Waals surface area contributed by atoms with Gasteiger partial charge in [0.15, 0.2) is 0 Å². The van der Waals surface area contributed by atoms with Crippen molar-refractivity contribution < 1.29 is 9.53 Å². The summed E-state index contributed by atoms with van der Waals surface area (Å²) in [4.78, 5) is 14.0. The topological polar surface area (TPSA) is 41.6 Å². The average molecular weight is 325 g/mol. The Morgan fingerprint density at radius 2 is 1.91 bits per heavy atom. The van der Waals surface area contributed by atoms with Crippen LogP contribution in [0.15, 0.2) is 0 Å². The van der Waals surface area contributed by atoms with Gasteiger partial charge in [0.25, 0.3) is 0 Å². The standard InChI is InChI=1S/C19H36N2O2/c1-6-15-7-8-16(13-15)20-14-19(5)9-11-21(12-10-19)17(22)23-18(2,3)4/h15-16,20H,6-14H2,1-5H3. The van der Waals surface area contributed by atoms with Crippen LogP contribution in [-0.4, -0.2) is 42.3 Å². The van der Waals surface area contributed by atoms with Gasteiger partial charge in [-0.15, -0.1) is 0 Å². The predicted octanol–water partition coefficient (Wildman–Crippen LogP) is 4.19. The minimum atomic E-state index is -0.405. The largest absolute Gasteiger partial charge is 0.444 e. The highest BCUT2D eigenvalue weighted by Gasteiger charge is 2.34. The van der Waals surface area contributed by atoms with Crippen LogP contribution in [-0.2, 0) is 4.74 Å². The van der Waals surface area contributed by atoms with Crippen molar-refractivity contribution in [3.63, 3.8) is 0 Å². The van der Waals surface area contributed by atoms with Crippen molar-refractivity contribution in [3.8, 4) is 0 Å². The number of rotatable bonds is 4. The molecule has 1 saturated heterocycles. The maximum Gasteiger partial charge on any atom is 0.410 e. The molecule has 1 N–H and O–H groups in total. The van der Waals surface area contributed by atoms with Crippen LogP contribution in [0.4, 0.5) is 4.79 Å². The highest BCUT2D eigenvalue weighted by Crippen LogP contribution is 2.33. The van der Waals surface area contributed by atoms with Crippen LogP contribution in [0.2, 0.25) is 0 Å². The molecule has 0 aromatic heterocycles. The fraction of sp³-hybridized carbons (Fsp3) is 0.947. The Morgan fingerprint density at radius 3 is 2.43 bits per heavy atom. The van der Waals surface area contributed by atoms with Crippen LogP contribution in [0.5, 0.6) is 0 Å². The molecule has 1 aliphatic heterocycles. The molecule has 4 heteroatoms. The Hall–Kier alpha value is -0.770. The maximum atomic E-state index is 12.1. The second-order valence-corrected chi connectivity index (χ2v) is 8.94. The second-order valence-electron chi connectivity index (χ2n) is 8.94. The molecule has 2 atom stereocenters. The molecule has 1 amide bonds. The molecule has 1 aliphatic carbocycles. The molecule has 0 aromatic rings. The first-order chi connectivity index (χ1) is 10.7. The summed E-state index contributed by atoms with van der Waals surface area (Å²) in [6, 6.07) is 0.709. The van der Waals surface area contributed by atoms with E-state index in [0.29, 0.717) is 11.5 Å². The van der Waals surface area contributed by atoms with Gasteiger partial charge in [0, 0.05) is 25.7 Å². The number of ether oxygens (including phenoxy) is 1. The van der Waals surface area contributed by atoms with E-state index in [0.717, 1.165) is 38.4 Å². The lowest BCUT2D eigenvalue weighted by atomic mass is 9.80. The van der Waals surface area contributed by atoms with Crippen LogP contribution in [0.25, 0.3) is 0 Å². The first kappa shape index (κ1) is 18.6. The van der Waals surface area contributed by atoms with Crippen molar-refractivity contribution in [2.75, 3.05) is 19.6 Å². The smallest absolute Gasteiger partial charge is 0.410 e. The summed E-state index contributed by atoms with van der Waals surface area (Å²) < 4.78 is 5.48. The zero-order valence-electron chi connectivity index (χ0n) is 15.8. The summed E-state index contributed by atoms with van der Waals surface area (Å²) in [5.74, 6) is 0.925. The summed E-state index contributed by atoms with van der Waals surface area (Å²) >= 11 is 0. The molecule has 2 fully saturated rings. The van der Waals surface area contributed by atoms with Gasteiger partial charge in [0.05, 0.1) is 0 Å². The number of carbonyl (C=O) groups is 1. The first-order valence-corrected chi connectivity index (χ1v) is 9.42. The minimum absolute atomic E-state index is 0.158. The number of piperidine rings is 1. The third kappa shape index (κ3) is 5.66. The van der Waals surface area contributed by atoms with Crippen molar-refractivity contribution in [1.82, 2.24) is 10.2 Å². The lowest BCUT2D eigenvalue weighted by Gasteiger charge is -2.40. The van der Waals surface area contributed by atoms with E-state index in [-0.39, 0.29) is 6.09 Å². The van der Waals surface area contributed by atoms with E-state index < -0.39 is 5.60 Å². The van der Waals surface area contributed by atoms with E-state index in [1.807, 2.05) is 25.7 Å². The molecule has 0 aromatic carbocycles. The van der Waals surface area contributed by atoms with Crippen molar-refractivity contribution in [2.24, 2.45) is 11.3 Å². The molecular weight excluding hydrogens is 288 g/mol. The average Bonchev–Trinajstić information content (AvgIpc) is 2.92. The summed E-state index contributed by atoms with van der Waals surface area (Å²) in [7, 11) is 0. The van der Waals surface area contributed by atoms with Gasteiger partial charge in [-0.2, -0.15) is 0 Å². The van der Waals surface area contributed by atoms with Crippen LogP contribution < -0.4 is 5.32 Å². The minimum Gasteiger partial charge on any atom is -0.444 e. The van der Waals surface area contributed by atoms with E-state index in [9.17, 15) is 4.79 Å². The fourth-order valence-corrected chi connectivity index (χ4v) is 3.75. The van der Waals surface area contributed by atoms with Crippen molar-refractivity contribution in [3.05, 3.63) is 0 Å². The summed E-state index contributed by atoms with van der Waals surface area (Å²) in [6.45, 7) is 13.1. The van der Waals surface area contributed by atoms with Crippen molar-refractivity contribution in [1.29, 1.82) is 0 Å². The second kappa shape index (κ2) is 7.42. The van der Waals surface area contributed by atoms with Gasteiger partial charge < -0.3 is 15.0 Å². The Balaban J connectivity index is 1.73. The number of nitrogens with one attached hydrogen (secondary N) is 1. The number of carbonyl (C=O) groups excluding carboxylic acids is 1. The van der Waals surface area contributed by atoms with Gasteiger partial charge in [-0.1, -0.05) is 20.3 Å². The zero-order valence-corrected chi connectivity index (χ0v) is 15.8. The number of nitrogens with zero attached hydrogens (tertiary/aromatic N) is 1. The third-order valence-electron chi connectivity index (χ3n) is 5.56. The number of hydrogen-bond donors (Lipinski definition) is 1. The first-order valence-electron chi connectivity index (χ1n) is 9.42. The van der Waals surface area contributed by atoms with Crippen LogP contribution in [0.3, 0.4) is 0 Å². The molecule has 2 unspecified atom stereocenters. The Kier molecular flexibility index (Phi) is 5.99. The molecule has 0 bridgehead atoms. The predicted molar refractivity (Wildman–Crippen MR) is 94.6 cm³/mol. The number of amides is 1. The lowest BCUT2D eigenvalue weighted by Crippen LogP contribution is -2.48. The Morgan fingerprint density at radius 1 is 1.26 bits per heavy atom. The summed E-state index contributed by atoms with van der Waals surface area (Å²) in [5, 5.41) is 3.80. The maximum absolute atomic E-state index is 12.1. The van der Waals surface area contributed by atoms with Gasteiger partial charge >= 0.3 is 6.09 Å². The van der Waals surface area contributed by atoms with Crippen LogP contribution >= 0.6 is 0 Å². The Bertz CT molecular complexity index is 395. The van der Waals surface area contributed by atoms with E-state index in [1.54, 1.807) is 0 Å². The summed E-state index contributed by atoms with van der Waals surface area (Å²) in [6.07, 6.45) is 7.34. The van der Waals surface area contributed by atoms with Crippen LogP contribution in [0, 0.1) is 11.3 Å². The highest BCUT2D eigenvalue weighted by molar-refractivity contribution is 5.68. The molecule has 134 valence electrons.